The summed E-state index contributed by atoms with van der Waals surface area (Å²) < 4.78 is 26.8. The number of sulfonamides is 1. The molecule has 1 aliphatic rings. The molecule has 1 fully saturated rings. The first-order valence-electron chi connectivity index (χ1n) is 6.81. The lowest BCUT2D eigenvalue weighted by atomic mass is 10.2. The van der Waals surface area contributed by atoms with Crippen molar-refractivity contribution in [1.82, 2.24) is 4.31 Å². The van der Waals surface area contributed by atoms with Crippen LogP contribution in [-0.4, -0.2) is 30.3 Å². The Kier molecular flexibility index (Phi) is 5.12. The van der Waals surface area contributed by atoms with E-state index in [0.717, 1.165) is 31.2 Å². The van der Waals surface area contributed by atoms with Gasteiger partial charge >= 0.3 is 0 Å². The predicted molar refractivity (Wildman–Crippen MR) is 84.8 cm³/mol. The van der Waals surface area contributed by atoms with E-state index in [9.17, 15) is 8.42 Å². The number of benzene rings is 1. The lowest BCUT2D eigenvalue weighted by Crippen LogP contribution is -2.44. The molecule has 0 amide bonds. The van der Waals surface area contributed by atoms with Gasteiger partial charge in [0, 0.05) is 6.04 Å². The van der Waals surface area contributed by atoms with Gasteiger partial charge in [0.15, 0.2) is 0 Å². The molecule has 4 nitrogen and oxygen atoms in total. The van der Waals surface area contributed by atoms with Gasteiger partial charge < -0.3 is 5.73 Å². The fourth-order valence-electron chi connectivity index (χ4n) is 2.67. The van der Waals surface area contributed by atoms with Crippen LogP contribution in [0.4, 0.5) is 0 Å². The standard InChI is InChI=1S/C14H20N2O2S2/c15-14(19)10-16(13-8-4-5-9-13)20(17,18)11-12-6-2-1-3-7-12/h1-3,6-7,13H,4-5,8-11H2,(H2,15,19). The maximum atomic E-state index is 12.6. The quantitative estimate of drug-likeness (QED) is 0.817. The normalized spacial score (nSPS) is 16.6. The second-order valence-corrected chi connectivity index (χ2v) is 7.64. The molecule has 20 heavy (non-hydrogen) atoms. The maximum Gasteiger partial charge on any atom is 0.218 e. The monoisotopic (exact) mass is 312 g/mol. The molecule has 1 aromatic carbocycles. The van der Waals surface area contributed by atoms with E-state index in [4.69, 9.17) is 18.0 Å². The highest BCUT2D eigenvalue weighted by molar-refractivity contribution is 7.88. The van der Waals surface area contributed by atoms with Crippen LogP contribution in [0.25, 0.3) is 0 Å². The van der Waals surface area contributed by atoms with Crippen LogP contribution in [0.1, 0.15) is 31.2 Å². The van der Waals surface area contributed by atoms with E-state index in [1.807, 2.05) is 30.3 Å². The van der Waals surface area contributed by atoms with E-state index in [1.54, 1.807) is 0 Å². The maximum absolute atomic E-state index is 12.6. The third-order valence-corrected chi connectivity index (χ3v) is 5.56. The molecule has 0 saturated heterocycles. The van der Waals surface area contributed by atoms with Gasteiger partial charge in [0.05, 0.1) is 17.3 Å². The summed E-state index contributed by atoms with van der Waals surface area (Å²) >= 11 is 4.91. The van der Waals surface area contributed by atoms with Gasteiger partial charge in [-0.15, -0.1) is 0 Å². The third-order valence-electron chi connectivity index (χ3n) is 3.59. The van der Waals surface area contributed by atoms with Crippen molar-refractivity contribution in [3.8, 4) is 0 Å². The summed E-state index contributed by atoms with van der Waals surface area (Å²) in [6.45, 7) is 0.148. The first kappa shape index (κ1) is 15.4. The van der Waals surface area contributed by atoms with Gasteiger partial charge in [0.1, 0.15) is 0 Å². The van der Waals surface area contributed by atoms with Crippen molar-refractivity contribution in [2.24, 2.45) is 5.73 Å². The lowest BCUT2D eigenvalue weighted by molar-refractivity contribution is 0.354. The van der Waals surface area contributed by atoms with Gasteiger partial charge in [-0.05, 0) is 18.4 Å². The summed E-state index contributed by atoms with van der Waals surface area (Å²) in [5.41, 5.74) is 6.37. The zero-order chi connectivity index (χ0) is 14.6. The highest BCUT2D eigenvalue weighted by Gasteiger charge is 2.32. The number of rotatable bonds is 6. The van der Waals surface area contributed by atoms with Crippen molar-refractivity contribution in [2.45, 2.75) is 37.5 Å². The Morgan fingerprint density at radius 3 is 2.40 bits per heavy atom. The predicted octanol–water partition coefficient (Wildman–Crippen LogP) is 2.05. The highest BCUT2D eigenvalue weighted by Crippen LogP contribution is 2.26. The van der Waals surface area contributed by atoms with E-state index in [-0.39, 0.29) is 23.3 Å². The Bertz CT molecular complexity index is 552. The Morgan fingerprint density at radius 2 is 1.85 bits per heavy atom. The van der Waals surface area contributed by atoms with Gasteiger partial charge in [0.2, 0.25) is 10.0 Å². The molecule has 0 spiro atoms. The van der Waals surface area contributed by atoms with E-state index < -0.39 is 10.0 Å². The molecular weight excluding hydrogens is 292 g/mol. The van der Waals surface area contributed by atoms with Crippen molar-refractivity contribution in [1.29, 1.82) is 0 Å². The number of nitrogens with two attached hydrogens (primary N) is 1. The van der Waals surface area contributed by atoms with Crippen molar-refractivity contribution in [3.63, 3.8) is 0 Å². The minimum absolute atomic E-state index is 0.00690. The van der Waals surface area contributed by atoms with Gasteiger partial charge in [-0.25, -0.2) is 8.42 Å². The first-order chi connectivity index (χ1) is 9.49. The van der Waals surface area contributed by atoms with Crippen LogP contribution in [0.15, 0.2) is 30.3 Å². The summed E-state index contributed by atoms with van der Waals surface area (Å²) in [5, 5.41) is 0. The van der Waals surface area contributed by atoms with E-state index in [0.29, 0.717) is 0 Å². The number of hydrogen-bond acceptors (Lipinski definition) is 3. The van der Waals surface area contributed by atoms with Crippen LogP contribution < -0.4 is 5.73 Å². The average molecular weight is 312 g/mol. The van der Waals surface area contributed by atoms with Crippen LogP contribution in [-0.2, 0) is 15.8 Å². The van der Waals surface area contributed by atoms with Crippen LogP contribution in [0.2, 0.25) is 0 Å². The molecule has 0 radical (unpaired) electrons. The first-order valence-corrected chi connectivity index (χ1v) is 8.82. The molecule has 0 atom stereocenters. The molecular formula is C14H20N2O2S2. The minimum atomic E-state index is -3.39. The molecule has 0 bridgehead atoms. The summed E-state index contributed by atoms with van der Waals surface area (Å²) in [5.74, 6) is 0.00690. The van der Waals surface area contributed by atoms with Gasteiger partial charge in [0.25, 0.3) is 0 Å². The fraction of sp³-hybridized carbons (Fsp3) is 0.500. The number of hydrogen-bond donors (Lipinski definition) is 1. The second kappa shape index (κ2) is 6.65. The Hall–Kier alpha value is -0.980. The highest BCUT2D eigenvalue weighted by atomic mass is 32.2. The number of thiocarbonyl (C=S) groups is 1. The molecule has 0 heterocycles. The molecule has 0 aliphatic heterocycles. The van der Waals surface area contributed by atoms with Gasteiger partial charge in [-0.2, -0.15) is 4.31 Å². The lowest BCUT2D eigenvalue weighted by Gasteiger charge is -2.27. The largest absolute Gasteiger partial charge is 0.392 e. The van der Waals surface area contributed by atoms with E-state index in [1.165, 1.54) is 4.31 Å². The third kappa shape index (κ3) is 4.01. The molecule has 1 aliphatic carbocycles. The van der Waals surface area contributed by atoms with Crippen molar-refractivity contribution in [2.75, 3.05) is 6.54 Å². The zero-order valence-corrected chi connectivity index (χ0v) is 13.0. The molecule has 0 unspecified atom stereocenters. The number of nitrogens with zero attached hydrogens (tertiary/aromatic N) is 1. The molecule has 1 aromatic rings. The SMILES string of the molecule is NC(=S)CN(C1CCCC1)S(=O)(=O)Cc1ccccc1. The molecule has 6 heteroatoms. The molecule has 2 N–H and O–H groups in total. The minimum Gasteiger partial charge on any atom is -0.392 e. The van der Waals surface area contributed by atoms with E-state index in [2.05, 4.69) is 0 Å². The summed E-state index contributed by atoms with van der Waals surface area (Å²) in [6, 6.07) is 9.26. The van der Waals surface area contributed by atoms with Gasteiger partial charge in [-0.1, -0.05) is 55.4 Å². The summed E-state index contributed by atoms with van der Waals surface area (Å²) in [6.07, 6.45) is 3.94. The van der Waals surface area contributed by atoms with Crippen LogP contribution in [0.5, 0.6) is 0 Å². The smallest absolute Gasteiger partial charge is 0.218 e. The second-order valence-electron chi connectivity index (χ2n) is 5.19. The molecule has 0 aromatic heterocycles. The fourth-order valence-corrected chi connectivity index (χ4v) is 4.67. The average Bonchev–Trinajstić information content (AvgIpc) is 2.89. The van der Waals surface area contributed by atoms with E-state index >= 15 is 0 Å². The zero-order valence-electron chi connectivity index (χ0n) is 11.4. The Morgan fingerprint density at radius 1 is 1.25 bits per heavy atom. The van der Waals surface area contributed by atoms with Crippen LogP contribution in [0, 0.1) is 0 Å². The van der Waals surface area contributed by atoms with Crippen molar-refractivity contribution < 1.29 is 8.42 Å². The summed E-state index contributed by atoms with van der Waals surface area (Å²) in [7, 11) is -3.39. The van der Waals surface area contributed by atoms with Crippen molar-refractivity contribution in [3.05, 3.63) is 35.9 Å². The Balaban J connectivity index is 2.19. The van der Waals surface area contributed by atoms with Crippen LogP contribution >= 0.6 is 12.2 Å². The molecule has 1 saturated carbocycles. The topological polar surface area (TPSA) is 63.4 Å². The van der Waals surface area contributed by atoms with Gasteiger partial charge in [-0.3, -0.25) is 0 Å². The van der Waals surface area contributed by atoms with Crippen LogP contribution in [0.3, 0.4) is 0 Å². The molecule has 2 rings (SSSR count). The molecule has 110 valence electrons. The Labute approximate surface area is 126 Å². The van der Waals surface area contributed by atoms with Crippen molar-refractivity contribution >= 4 is 27.2 Å². The summed E-state index contributed by atoms with van der Waals surface area (Å²) in [4.78, 5) is 0.230.